The van der Waals surface area contributed by atoms with Crippen molar-refractivity contribution in [1.82, 2.24) is 9.97 Å². The normalized spacial score (nSPS) is 10.3. The second kappa shape index (κ2) is 8.15. The molecule has 5 nitrogen and oxygen atoms in total. The number of aryl methyl sites for hydroxylation is 1. The molecule has 0 bridgehead atoms. The van der Waals surface area contributed by atoms with Crippen molar-refractivity contribution in [1.29, 1.82) is 0 Å². The molecule has 25 heavy (non-hydrogen) atoms. The number of hydrogen-bond donors (Lipinski definition) is 2. The Morgan fingerprint density at radius 3 is 2.56 bits per heavy atom. The van der Waals surface area contributed by atoms with Crippen molar-refractivity contribution in [2.45, 2.75) is 13.3 Å². The van der Waals surface area contributed by atoms with E-state index >= 15 is 0 Å². The number of nitrogens with one attached hydrogen (secondary N) is 2. The van der Waals surface area contributed by atoms with Crippen LogP contribution in [0.25, 0.3) is 0 Å². The Morgan fingerprint density at radius 1 is 0.960 bits per heavy atom. The van der Waals surface area contributed by atoms with Crippen LogP contribution >= 0.6 is 0 Å². The fourth-order valence-corrected chi connectivity index (χ4v) is 2.56. The quantitative estimate of drug-likeness (QED) is 0.678. The van der Waals surface area contributed by atoms with Gasteiger partial charge in [0, 0.05) is 12.6 Å². The summed E-state index contributed by atoms with van der Waals surface area (Å²) in [7, 11) is 1.66. The van der Waals surface area contributed by atoms with Crippen LogP contribution < -0.4 is 15.4 Å². The summed E-state index contributed by atoms with van der Waals surface area (Å²) >= 11 is 0. The first kappa shape index (κ1) is 16.8. The van der Waals surface area contributed by atoms with Crippen LogP contribution in [0.3, 0.4) is 0 Å². The summed E-state index contributed by atoms with van der Waals surface area (Å²) in [6.45, 7) is 2.86. The number of benzene rings is 2. The Morgan fingerprint density at radius 2 is 1.76 bits per heavy atom. The van der Waals surface area contributed by atoms with Crippen LogP contribution in [-0.4, -0.2) is 23.6 Å². The van der Waals surface area contributed by atoms with E-state index in [0.29, 0.717) is 0 Å². The second-order valence-corrected chi connectivity index (χ2v) is 5.78. The lowest BCUT2D eigenvalue weighted by Crippen LogP contribution is -2.07. The van der Waals surface area contributed by atoms with Gasteiger partial charge in [-0.15, -0.1) is 0 Å². The molecule has 1 heterocycles. The Bertz CT molecular complexity index is 821. The number of hydrogen-bond acceptors (Lipinski definition) is 5. The molecule has 0 radical (unpaired) electrons. The highest BCUT2D eigenvalue weighted by Gasteiger charge is 2.05. The monoisotopic (exact) mass is 334 g/mol. The summed E-state index contributed by atoms with van der Waals surface area (Å²) in [6, 6.07) is 18.3. The number of aromatic nitrogens is 2. The van der Waals surface area contributed by atoms with E-state index < -0.39 is 0 Å². The number of anilines is 3. The van der Waals surface area contributed by atoms with E-state index in [9.17, 15) is 0 Å². The van der Waals surface area contributed by atoms with Crippen LogP contribution in [0.2, 0.25) is 0 Å². The van der Waals surface area contributed by atoms with Crippen molar-refractivity contribution in [3.63, 3.8) is 0 Å². The average Bonchev–Trinajstić information content (AvgIpc) is 2.63. The third-order valence-electron chi connectivity index (χ3n) is 3.85. The molecule has 128 valence electrons. The molecule has 2 N–H and O–H groups in total. The van der Waals surface area contributed by atoms with Crippen LogP contribution in [0.5, 0.6) is 5.75 Å². The lowest BCUT2D eigenvalue weighted by Gasteiger charge is -2.12. The summed E-state index contributed by atoms with van der Waals surface area (Å²) in [5.41, 5.74) is 3.34. The molecule has 0 atom stereocenters. The van der Waals surface area contributed by atoms with Crippen molar-refractivity contribution < 1.29 is 4.74 Å². The third kappa shape index (κ3) is 4.70. The molecule has 0 saturated carbocycles. The first-order chi connectivity index (χ1) is 12.2. The zero-order valence-corrected chi connectivity index (χ0v) is 14.5. The van der Waals surface area contributed by atoms with Gasteiger partial charge in [-0.05, 0) is 36.6 Å². The van der Waals surface area contributed by atoms with Gasteiger partial charge in [-0.3, -0.25) is 0 Å². The molecule has 3 rings (SSSR count). The Labute approximate surface area is 148 Å². The topological polar surface area (TPSA) is 59.1 Å². The predicted octanol–water partition coefficient (Wildman–Crippen LogP) is 4.19. The number of methoxy groups -OCH3 is 1. The van der Waals surface area contributed by atoms with E-state index in [4.69, 9.17) is 4.74 Å². The molecule has 5 heteroatoms. The first-order valence-electron chi connectivity index (χ1n) is 8.26. The summed E-state index contributed by atoms with van der Waals surface area (Å²) in [4.78, 5) is 8.57. The molecule has 0 fully saturated rings. The van der Waals surface area contributed by atoms with Crippen molar-refractivity contribution in [2.75, 3.05) is 24.3 Å². The van der Waals surface area contributed by atoms with E-state index in [2.05, 4.69) is 44.9 Å². The number of ether oxygens (including phenoxy) is 1. The number of nitrogens with zero attached hydrogens (tertiary/aromatic N) is 2. The van der Waals surface area contributed by atoms with Crippen LogP contribution in [0.1, 0.15) is 11.1 Å². The van der Waals surface area contributed by atoms with E-state index in [1.165, 1.54) is 5.56 Å². The van der Waals surface area contributed by atoms with Crippen LogP contribution in [0.15, 0.2) is 60.9 Å². The number of rotatable bonds is 7. The van der Waals surface area contributed by atoms with Crippen molar-refractivity contribution in [2.24, 2.45) is 0 Å². The van der Waals surface area contributed by atoms with Gasteiger partial charge < -0.3 is 15.4 Å². The highest BCUT2D eigenvalue weighted by atomic mass is 16.5. The smallest absolute Gasteiger partial charge is 0.142 e. The first-order valence-corrected chi connectivity index (χ1v) is 8.26. The van der Waals surface area contributed by atoms with Gasteiger partial charge in [0.1, 0.15) is 23.7 Å². The SMILES string of the molecule is COc1ccc(C)cc1Nc1cc(NCCc2ccccc2)ncn1. The lowest BCUT2D eigenvalue weighted by molar-refractivity contribution is 0.416. The van der Waals surface area contributed by atoms with E-state index in [-0.39, 0.29) is 0 Å². The highest BCUT2D eigenvalue weighted by molar-refractivity contribution is 5.66. The van der Waals surface area contributed by atoms with Gasteiger partial charge >= 0.3 is 0 Å². The molecule has 0 unspecified atom stereocenters. The molecule has 0 amide bonds. The molecule has 0 aliphatic carbocycles. The van der Waals surface area contributed by atoms with Gasteiger partial charge in [0.15, 0.2) is 0 Å². The van der Waals surface area contributed by atoms with E-state index in [1.807, 2.05) is 37.3 Å². The van der Waals surface area contributed by atoms with E-state index in [1.54, 1.807) is 13.4 Å². The van der Waals surface area contributed by atoms with Gasteiger partial charge in [0.05, 0.1) is 12.8 Å². The average molecular weight is 334 g/mol. The molecule has 0 aliphatic heterocycles. The van der Waals surface area contributed by atoms with Gasteiger partial charge in [0.2, 0.25) is 0 Å². The third-order valence-corrected chi connectivity index (χ3v) is 3.85. The zero-order chi connectivity index (χ0) is 17.5. The molecule has 1 aromatic heterocycles. The van der Waals surface area contributed by atoms with Crippen molar-refractivity contribution >= 4 is 17.3 Å². The minimum Gasteiger partial charge on any atom is -0.495 e. The fraction of sp³-hybridized carbons (Fsp3) is 0.200. The fourth-order valence-electron chi connectivity index (χ4n) is 2.56. The summed E-state index contributed by atoms with van der Waals surface area (Å²) in [6.07, 6.45) is 2.49. The molecule has 0 aliphatic rings. The van der Waals surface area contributed by atoms with E-state index in [0.717, 1.165) is 41.6 Å². The molecular formula is C20H22N4O. The predicted molar refractivity (Wildman–Crippen MR) is 102 cm³/mol. The maximum absolute atomic E-state index is 5.40. The van der Waals surface area contributed by atoms with Gasteiger partial charge in [0.25, 0.3) is 0 Å². The Balaban J connectivity index is 1.64. The van der Waals surface area contributed by atoms with Crippen LogP contribution in [0.4, 0.5) is 17.3 Å². The molecule has 3 aromatic rings. The van der Waals surface area contributed by atoms with Gasteiger partial charge in [-0.1, -0.05) is 36.4 Å². The van der Waals surface area contributed by atoms with Gasteiger partial charge in [-0.25, -0.2) is 9.97 Å². The molecule has 2 aromatic carbocycles. The Kier molecular flexibility index (Phi) is 5.46. The summed E-state index contributed by atoms with van der Waals surface area (Å²) < 4.78 is 5.40. The van der Waals surface area contributed by atoms with Crippen LogP contribution in [0, 0.1) is 6.92 Å². The maximum Gasteiger partial charge on any atom is 0.142 e. The second-order valence-electron chi connectivity index (χ2n) is 5.78. The minimum absolute atomic E-state index is 0.723. The molecular weight excluding hydrogens is 312 g/mol. The summed E-state index contributed by atoms with van der Waals surface area (Å²) in [5, 5.41) is 6.63. The standard InChI is InChI=1S/C20H22N4O/c1-15-8-9-18(25-2)17(12-15)24-20-13-19(22-14-23-20)21-11-10-16-6-4-3-5-7-16/h3-9,12-14H,10-11H2,1-2H3,(H2,21,22,23,24). The zero-order valence-electron chi connectivity index (χ0n) is 14.5. The highest BCUT2D eigenvalue weighted by Crippen LogP contribution is 2.28. The molecule has 0 saturated heterocycles. The summed E-state index contributed by atoms with van der Waals surface area (Å²) in [5.74, 6) is 2.30. The van der Waals surface area contributed by atoms with Gasteiger partial charge in [-0.2, -0.15) is 0 Å². The Hall–Kier alpha value is -3.08. The largest absolute Gasteiger partial charge is 0.495 e. The van der Waals surface area contributed by atoms with Crippen molar-refractivity contribution in [3.05, 3.63) is 72.1 Å². The minimum atomic E-state index is 0.723. The van der Waals surface area contributed by atoms with Crippen molar-refractivity contribution in [3.8, 4) is 5.75 Å². The lowest BCUT2D eigenvalue weighted by atomic mass is 10.1. The maximum atomic E-state index is 5.40. The van der Waals surface area contributed by atoms with Crippen LogP contribution in [-0.2, 0) is 6.42 Å². The molecule has 0 spiro atoms.